The molecule has 0 unspecified atom stereocenters. The summed E-state index contributed by atoms with van der Waals surface area (Å²) in [5.74, 6) is 1.69. The Morgan fingerprint density at radius 3 is 2.28 bits per heavy atom. The van der Waals surface area contributed by atoms with Gasteiger partial charge in [0.25, 0.3) is 0 Å². The molecule has 1 aromatic carbocycles. The first-order valence-corrected chi connectivity index (χ1v) is 6.31. The lowest BCUT2D eigenvalue weighted by Gasteiger charge is -2.13. The molecule has 1 aliphatic rings. The fraction of sp³-hybridized carbons (Fsp3) is 0.333. The Balaban J connectivity index is 2.07. The first kappa shape index (κ1) is 11.2. The third-order valence-corrected chi connectivity index (χ3v) is 3.26. The summed E-state index contributed by atoms with van der Waals surface area (Å²) in [5.41, 5.74) is 3.57. The second-order valence-corrected chi connectivity index (χ2v) is 4.63. The number of hydrogen-bond donors (Lipinski definition) is 0. The smallest absolute Gasteiger partial charge is 0.163 e. The second-order valence-electron chi connectivity index (χ2n) is 4.63. The maximum absolute atomic E-state index is 5.73. The maximum Gasteiger partial charge on any atom is 0.163 e. The minimum atomic E-state index is 0.722. The fourth-order valence-electron chi connectivity index (χ4n) is 2.37. The van der Waals surface area contributed by atoms with Crippen molar-refractivity contribution < 1.29 is 9.47 Å². The highest BCUT2D eigenvalue weighted by atomic mass is 16.5. The first-order chi connectivity index (χ1) is 8.75. The summed E-state index contributed by atoms with van der Waals surface area (Å²) in [4.78, 5) is 0. The van der Waals surface area contributed by atoms with Gasteiger partial charge in [0.1, 0.15) is 0 Å². The molecule has 1 aromatic heterocycles. The van der Waals surface area contributed by atoms with Crippen LogP contribution in [0.2, 0.25) is 0 Å². The van der Waals surface area contributed by atoms with Gasteiger partial charge in [-0.15, -0.1) is 0 Å². The molecule has 0 N–H and O–H groups in total. The average Bonchev–Trinajstić information content (AvgIpc) is 2.59. The highest BCUT2D eigenvalue weighted by molar-refractivity contribution is 5.50. The van der Waals surface area contributed by atoms with Crippen molar-refractivity contribution in [1.29, 1.82) is 0 Å². The van der Waals surface area contributed by atoms with E-state index in [4.69, 9.17) is 9.47 Å². The monoisotopic (exact) mass is 243 g/mol. The Morgan fingerprint density at radius 1 is 0.889 bits per heavy atom. The molecule has 0 spiro atoms. The van der Waals surface area contributed by atoms with Gasteiger partial charge in [-0.05, 0) is 38.1 Å². The highest BCUT2D eigenvalue weighted by Crippen LogP contribution is 2.32. The summed E-state index contributed by atoms with van der Waals surface area (Å²) in [6, 6.07) is 10.4. The van der Waals surface area contributed by atoms with Gasteiger partial charge in [-0.3, -0.25) is 0 Å². The third-order valence-electron chi connectivity index (χ3n) is 3.26. The van der Waals surface area contributed by atoms with E-state index in [1.54, 1.807) is 0 Å². The number of benzene rings is 1. The second kappa shape index (κ2) is 4.41. The van der Waals surface area contributed by atoms with Crippen LogP contribution in [0.15, 0.2) is 30.3 Å². The largest absolute Gasteiger partial charge is 0.490 e. The number of ether oxygens (including phenoxy) is 2. The summed E-state index contributed by atoms with van der Waals surface area (Å²) < 4.78 is 13.6. The van der Waals surface area contributed by atoms with Crippen molar-refractivity contribution in [1.82, 2.24) is 4.57 Å². The molecule has 3 heteroatoms. The van der Waals surface area contributed by atoms with Gasteiger partial charge in [0.15, 0.2) is 11.5 Å². The molecular weight excluding hydrogens is 226 g/mol. The van der Waals surface area contributed by atoms with E-state index in [1.165, 1.54) is 11.4 Å². The van der Waals surface area contributed by atoms with E-state index in [1.807, 2.05) is 6.07 Å². The molecule has 2 heterocycles. The van der Waals surface area contributed by atoms with Crippen molar-refractivity contribution in [3.05, 3.63) is 41.7 Å². The van der Waals surface area contributed by atoms with Crippen molar-refractivity contribution >= 4 is 0 Å². The van der Waals surface area contributed by atoms with Crippen molar-refractivity contribution in [3.63, 3.8) is 0 Å². The first-order valence-electron chi connectivity index (χ1n) is 6.31. The molecule has 0 aliphatic carbocycles. The molecule has 1 aliphatic heterocycles. The number of rotatable bonds is 1. The summed E-state index contributed by atoms with van der Waals surface area (Å²) in [7, 11) is 0. The van der Waals surface area contributed by atoms with Crippen LogP contribution in [0.4, 0.5) is 0 Å². The van der Waals surface area contributed by atoms with Gasteiger partial charge in [-0.1, -0.05) is 0 Å². The van der Waals surface area contributed by atoms with Crippen LogP contribution in [0.5, 0.6) is 11.5 Å². The minimum Gasteiger partial charge on any atom is -0.490 e. The van der Waals surface area contributed by atoms with Crippen LogP contribution in [0, 0.1) is 13.8 Å². The molecule has 0 amide bonds. The van der Waals surface area contributed by atoms with E-state index in [0.717, 1.165) is 36.8 Å². The van der Waals surface area contributed by atoms with Crippen molar-refractivity contribution in [2.24, 2.45) is 0 Å². The van der Waals surface area contributed by atoms with Crippen molar-refractivity contribution in [2.45, 2.75) is 20.3 Å². The summed E-state index contributed by atoms with van der Waals surface area (Å²) in [6.45, 7) is 5.67. The average molecular weight is 243 g/mol. The van der Waals surface area contributed by atoms with E-state index in [9.17, 15) is 0 Å². The lowest BCUT2D eigenvalue weighted by molar-refractivity contribution is 0.297. The van der Waals surface area contributed by atoms with Crippen LogP contribution in [0.1, 0.15) is 17.8 Å². The van der Waals surface area contributed by atoms with Gasteiger partial charge in [-0.25, -0.2) is 0 Å². The summed E-state index contributed by atoms with van der Waals surface area (Å²) >= 11 is 0. The Hall–Kier alpha value is -1.90. The van der Waals surface area contributed by atoms with Gasteiger partial charge in [-0.2, -0.15) is 0 Å². The molecule has 94 valence electrons. The zero-order chi connectivity index (χ0) is 12.5. The topological polar surface area (TPSA) is 23.4 Å². The van der Waals surface area contributed by atoms with Gasteiger partial charge >= 0.3 is 0 Å². The van der Waals surface area contributed by atoms with Crippen LogP contribution >= 0.6 is 0 Å². The van der Waals surface area contributed by atoms with E-state index in [0.29, 0.717) is 0 Å². The number of aromatic nitrogens is 1. The Bertz CT molecular complexity index is 552. The molecule has 0 atom stereocenters. The Morgan fingerprint density at radius 2 is 1.56 bits per heavy atom. The molecule has 0 bridgehead atoms. The van der Waals surface area contributed by atoms with E-state index >= 15 is 0 Å². The summed E-state index contributed by atoms with van der Waals surface area (Å²) in [6.07, 6.45) is 0.936. The van der Waals surface area contributed by atoms with Gasteiger partial charge < -0.3 is 14.0 Å². The normalized spacial score (nSPS) is 14.3. The molecule has 3 nitrogen and oxygen atoms in total. The molecule has 3 rings (SSSR count). The molecule has 0 saturated heterocycles. The molecule has 0 saturated carbocycles. The van der Waals surface area contributed by atoms with Crippen LogP contribution in [-0.2, 0) is 0 Å². The Kier molecular flexibility index (Phi) is 2.74. The standard InChI is InChI=1S/C15H17NO2/c1-11-4-5-12(2)16(11)13-6-7-14-15(10-13)18-9-3-8-17-14/h4-7,10H,3,8-9H2,1-2H3. The lowest BCUT2D eigenvalue weighted by Crippen LogP contribution is -2.00. The van der Waals surface area contributed by atoms with Gasteiger partial charge in [0.2, 0.25) is 0 Å². The minimum absolute atomic E-state index is 0.722. The van der Waals surface area contributed by atoms with Gasteiger partial charge in [0.05, 0.1) is 13.2 Å². The van der Waals surface area contributed by atoms with Crippen molar-refractivity contribution in [3.8, 4) is 17.2 Å². The van der Waals surface area contributed by atoms with E-state index < -0.39 is 0 Å². The Labute approximate surface area is 107 Å². The molecule has 0 radical (unpaired) electrons. The molecule has 18 heavy (non-hydrogen) atoms. The van der Waals surface area contributed by atoms with Crippen LogP contribution < -0.4 is 9.47 Å². The lowest BCUT2D eigenvalue weighted by atomic mass is 10.2. The van der Waals surface area contributed by atoms with E-state index in [2.05, 4.69) is 42.7 Å². The number of hydrogen-bond acceptors (Lipinski definition) is 2. The number of fused-ring (bicyclic) bond motifs is 1. The predicted octanol–water partition coefficient (Wildman–Crippen LogP) is 3.26. The highest BCUT2D eigenvalue weighted by Gasteiger charge is 2.12. The fourth-order valence-corrected chi connectivity index (χ4v) is 2.37. The van der Waals surface area contributed by atoms with Gasteiger partial charge in [0, 0.05) is 29.6 Å². The van der Waals surface area contributed by atoms with Crippen LogP contribution in [0.25, 0.3) is 5.69 Å². The van der Waals surface area contributed by atoms with Crippen molar-refractivity contribution in [2.75, 3.05) is 13.2 Å². The molecule has 2 aromatic rings. The zero-order valence-corrected chi connectivity index (χ0v) is 10.8. The quantitative estimate of drug-likeness (QED) is 0.767. The van der Waals surface area contributed by atoms with E-state index in [-0.39, 0.29) is 0 Å². The number of aryl methyl sites for hydroxylation is 2. The number of nitrogens with zero attached hydrogens (tertiary/aromatic N) is 1. The molecular formula is C15H17NO2. The maximum atomic E-state index is 5.73. The predicted molar refractivity (Wildman–Crippen MR) is 70.9 cm³/mol. The van der Waals surface area contributed by atoms with Crippen LogP contribution in [0.3, 0.4) is 0 Å². The van der Waals surface area contributed by atoms with Crippen LogP contribution in [-0.4, -0.2) is 17.8 Å². The summed E-state index contributed by atoms with van der Waals surface area (Å²) in [5, 5.41) is 0. The SMILES string of the molecule is Cc1ccc(C)n1-c1ccc2c(c1)OCCCO2. The molecule has 0 fully saturated rings. The zero-order valence-electron chi connectivity index (χ0n) is 10.8. The third kappa shape index (κ3) is 1.86.